The SMILES string of the molecule is CC.CC(=O)Nc1nc(NCc2ccccc2)nc2c1[nH]c(=O)n2Cc1ccccc1.II.Nc1nc(NCc2ccccc2)nc2c1[nH]c(=O)n2Cc1ccccc1. The first kappa shape index (κ1) is 44.0. The summed E-state index contributed by atoms with van der Waals surface area (Å²) in [5.74, 6) is 0.942. The molecule has 0 fully saturated rings. The third-order valence-corrected chi connectivity index (χ3v) is 8.52. The molecule has 17 heteroatoms. The number of anilines is 4. The molecule has 1 amide bonds. The lowest BCUT2D eigenvalue weighted by Gasteiger charge is -2.09. The summed E-state index contributed by atoms with van der Waals surface area (Å²) >= 11 is 4.24. The summed E-state index contributed by atoms with van der Waals surface area (Å²) in [4.78, 5) is 59.7. The lowest BCUT2D eigenvalue weighted by Crippen LogP contribution is -2.18. The zero-order valence-electron chi connectivity index (χ0n) is 32.6. The van der Waals surface area contributed by atoms with Gasteiger partial charge in [-0.2, -0.15) is 19.9 Å². The van der Waals surface area contributed by atoms with Crippen LogP contribution in [0.2, 0.25) is 0 Å². The highest BCUT2D eigenvalue weighted by molar-refractivity contribution is 15.0. The maximum Gasteiger partial charge on any atom is 0.328 e. The second-order valence-corrected chi connectivity index (χ2v) is 12.6. The molecule has 0 spiro atoms. The number of hydrogen-bond acceptors (Lipinski definition) is 10. The normalized spacial score (nSPS) is 10.3. The van der Waals surface area contributed by atoms with Gasteiger partial charge in [0.25, 0.3) is 0 Å². The molecular formula is C42H44I2N12O3. The van der Waals surface area contributed by atoms with Gasteiger partial charge < -0.3 is 31.7 Å². The smallest absolute Gasteiger partial charge is 0.328 e. The molecule has 0 aliphatic heterocycles. The van der Waals surface area contributed by atoms with E-state index in [1.165, 1.54) is 11.5 Å². The minimum Gasteiger partial charge on any atom is -0.382 e. The number of nitrogens with zero attached hydrogens (tertiary/aromatic N) is 6. The van der Waals surface area contributed by atoms with Crippen LogP contribution in [0.5, 0.6) is 0 Å². The number of nitrogens with two attached hydrogens (primary N) is 1. The van der Waals surface area contributed by atoms with Crippen LogP contribution < -0.4 is 33.1 Å². The second-order valence-electron chi connectivity index (χ2n) is 12.6. The summed E-state index contributed by atoms with van der Waals surface area (Å²) < 4.78 is 3.10. The summed E-state index contributed by atoms with van der Waals surface area (Å²) in [6.07, 6.45) is 0. The van der Waals surface area contributed by atoms with Crippen LogP contribution in [0, 0.1) is 0 Å². The van der Waals surface area contributed by atoms with Crippen LogP contribution >= 0.6 is 37.2 Å². The van der Waals surface area contributed by atoms with Gasteiger partial charge >= 0.3 is 11.4 Å². The van der Waals surface area contributed by atoms with E-state index in [9.17, 15) is 14.4 Å². The van der Waals surface area contributed by atoms with Gasteiger partial charge in [0, 0.05) is 57.2 Å². The van der Waals surface area contributed by atoms with Crippen molar-refractivity contribution in [1.82, 2.24) is 39.0 Å². The number of carbonyl (C=O) groups excluding carboxylic acids is 1. The molecule has 0 saturated carbocycles. The first-order valence-electron chi connectivity index (χ1n) is 18.6. The van der Waals surface area contributed by atoms with Crippen molar-refractivity contribution in [2.75, 3.05) is 21.7 Å². The zero-order valence-corrected chi connectivity index (χ0v) is 36.9. The molecule has 0 unspecified atom stereocenters. The van der Waals surface area contributed by atoms with Gasteiger partial charge in [-0.25, -0.2) is 9.59 Å². The number of halogens is 2. The monoisotopic (exact) mass is 1020 g/mol. The Morgan fingerprint density at radius 3 is 1.39 bits per heavy atom. The molecule has 4 aromatic heterocycles. The van der Waals surface area contributed by atoms with Gasteiger partial charge in [0.05, 0.1) is 13.1 Å². The molecular weight excluding hydrogens is 974 g/mol. The fourth-order valence-electron chi connectivity index (χ4n) is 5.88. The van der Waals surface area contributed by atoms with Crippen LogP contribution in [0.1, 0.15) is 43.0 Å². The van der Waals surface area contributed by atoms with Crippen LogP contribution in [0.25, 0.3) is 22.3 Å². The highest BCUT2D eigenvalue weighted by Gasteiger charge is 2.17. The third-order valence-electron chi connectivity index (χ3n) is 8.52. The quantitative estimate of drug-likeness (QED) is 0.0691. The van der Waals surface area contributed by atoms with Gasteiger partial charge in [0.1, 0.15) is 11.0 Å². The fraction of sp³-hybridized carbons (Fsp3) is 0.167. The molecule has 0 bridgehead atoms. The van der Waals surface area contributed by atoms with E-state index in [-0.39, 0.29) is 28.9 Å². The molecule has 7 N–H and O–H groups in total. The lowest BCUT2D eigenvalue weighted by molar-refractivity contribution is -0.114. The molecule has 0 radical (unpaired) electrons. The minimum atomic E-state index is -0.315. The number of benzene rings is 4. The Kier molecular flexibility index (Phi) is 16.5. The number of rotatable bonds is 11. The zero-order chi connectivity index (χ0) is 42.1. The van der Waals surface area contributed by atoms with E-state index in [1.807, 2.05) is 135 Å². The van der Waals surface area contributed by atoms with Crippen LogP contribution in [-0.4, -0.2) is 44.9 Å². The standard InChI is InChI=1S/C21H20N6O2.C19H18N6O.C2H6.I2/c1-14(28)23-18-17-19(26-20(25-18)22-12-15-8-4-2-5-9-15)27(21(29)24-17)13-16-10-6-3-7-11-16;20-16-15-17(24-18(23-16)21-11-13-7-3-1-4-8-13)25(19(26)22-15)12-14-9-5-2-6-10-14;2*1-2/h2-11H,12-13H2,1H3,(H,24,29)(H2,22,23,25,26,28);1-10H,11-12H2,(H,22,26)(H3,20,21,23,24);1-2H3;. The Morgan fingerprint density at radius 1 is 0.593 bits per heavy atom. The number of fused-ring (bicyclic) bond motifs is 2. The van der Waals surface area contributed by atoms with Gasteiger partial charge in [0.2, 0.25) is 17.8 Å². The van der Waals surface area contributed by atoms with Gasteiger partial charge in [-0.3, -0.25) is 13.9 Å². The Morgan fingerprint density at radius 2 is 0.966 bits per heavy atom. The molecule has 304 valence electrons. The summed E-state index contributed by atoms with van der Waals surface area (Å²) in [6, 6.07) is 39.1. The molecule has 4 heterocycles. The van der Waals surface area contributed by atoms with E-state index < -0.39 is 0 Å². The van der Waals surface area contributed by atoms with E-state index in [0.717, 1.165) is 22.3 Å². The van der Waals surface area contributed by atoms with Gasteiger partial charge in [-0.1, -0.05) is 135 Å². The van der Waals surface area contributed by atoms with Gasteiger partial charge in [-0.15, -0.1) is 0 Å². The van der Waals surface area contributed by atoms with E-state index in [4.69, 9.17) is 5.73 Å². The predicted molar refractivity (Wildman–Crippen MR) is 253 cm³/mol. The molecule has 0 atom stereocenters. The molecule has 8 aromatic rings. The number of carbonyl (C=O) groups is 1. The molecule has 0 aliphatic rings. The second kappa shape index (κ2) is 22.2. The minimum absolute atomic E-state index is 0.245. The van der Waals surface area contributed by atoms with Gasteiger partial charge in [-0.05, 0) is 22.3 Å². The summed E-state index contributed by atoms with van der Waals surface area (Å²) in [5, 5.41) is 9.00. The van der Waals surface area contributed by atoms with Crippen molar-refractivity contribution in [1.29, 1.82) is 0 Å². The maximum atomic E-state index is 12.6. The third kappa shape index (κ3) is 12.0. The molecule has 15 nitrogen and oxygen atoms in total. The summed E-state index contributed by atoms with van der Waals surface area (Å²) in [6.45, 7) is 7.24. The van der Waals surface area contributed by atoms with Crippen molar-refractivity contribution < 1.29 is 4.79 Å². The first-order chi connectivity index (χ1) is 28.8. The number of H-pyrrole nitrogens is 2. The Balaban J connectivity index is 0.000000208. The van der Waals surface area contributed by atoms with E-state index in [0.29, 0.717) is 60.4 Å². The number of aromatic nitrogens is 8. The highest BCUT2D eigenvalue weighted by Crippen LogP contribution is 2.21. The number of imidazole rings is 2. The molecule has 0 saturated heterocycles. The Labute approximate surface area is 363 Å². The highest BCUT2D eigenvalue weighted by atomic mass is 128. The van der Waals surface area contributed by atoms with Crippen molar-refractivity contribution in [2.24, 2.45) is 0 Å². The number of aromatic amines is 2. The summed E-state index contributed by atoms with van der Waals surface area (Å²) in [5.41, 5.74) is 11.4. The van der Waals surface area contributed by atoms with Crippen molar-refractivity contribution in [3.8, 4) is 0 Å². The molecule has 8 rings (SSSR count). The first-order valence-corrected chi connectivity index (χ1v) is 24.9. The predicted octanol–water partition coefficient (Wildman–Crippen LogP) is 7.90. The number of nitrogens with one attached hydrogen (secondary N) is 5. The van der Waals surface area contributed by atoms with Crippen LogP contribution in [0.4, 0.5) is 23.5 Å². The lowest BCUT2D eigenvalue weighted by atomic mass is 10.2. The molecule has 0 aliphatic carbocycles. The Hall–Kier alpha value is -6.09. The molecule has 59 heavy (non-hydrogen) atoms. The fourth-order valence-corrected chi connectivity index (χ4v) is 5.88. The number of nitrogen functional groups attached to an aromatic ring is 1. The average molecular weight is 1020 g/mol. The van der Waals surface area contributed by atoms with Crippen molar-refractivity contribution in [2.45, 2.75) is 47.0 Å². The number of amides is 1. The number of hydrogen-bond donors (Lipinski definition) is 6. The van der Waals surface area contributed by atoms with Gasteiger partial charge in [0.15, 0.2) is 22.9 Å². The Bertz CT molecular complexity index is 2670. The average Bonchev–Trinajstić information content (AvgIpc) is 3.76. The largest absolute Gasteiger partial charge is 0.382 e. The van der Waals surface area contributed by atoms with Crippen molar-refractivity contribution >= 4 is 89.0 Å². The van der Waals surface area contributed by atoms with Crippen LogP contribution in [0.15, 0.2) is 131 Å². The molecule has 4 aromatic carbocycles. The van der Waals surface area contributed by atoms with Crippen LogP contribution in [0.3, 0.4) is 0 Å². The van der Waals surface area contributed by atoms with Crippen LogP contribution in [-0.2, 0) is 31.0 Å². The van der Waals surface area contributed by atoms with Crippen molar-refractivity contribution in [3.05, 3.63) is 165 Å². The topological polar surface area (TPSA) is 206 Å². The van der Waals surface area contributed by atoms with E-state index >= 15 is 0 Å². The summed E-state index contributed by atoms with van der Waals surface area (Å²) in [7, 11) is 0. The van der Waals surface area contributed by atoms with Crippen molar-refractivity contribution in [3.63, 3.8) is 0 Å². The van der Waals surface area contributed by atoms with E-state index in [2.05, 4.69) is 83.1 Å². The maximum absolute atomic E-state index is 12.6. The van der Waals surface area contributed by atoms with E-state index in [1.54, 1.807) is 4.57 Å².